The number of rotatable bonds is 6. The number of nitrogens with two attached hydrogens (primary N) is 1. The molecule has 0 saturated heterocycles. The van der Waals surface area contributed by atoms with Gasteiger partial charge in [0.15, 0.2) is 0 Å². The first-order valence-corrected chi connectivity index (χ1v) is 7.01. The van der Waals surface area contributed by atoms with Crippen LogP contribution in [0.15, 0.2) is 42.5 Å². The van der Waals surface area contributed by atoms with Crippen molar-refractivity contribution in [2.24, 2.45) is 0 Å². The van der Waals surface area contributed by atoms with E-state index in [4.69, 9.17) is 15.2 Å². The van der Waals surface area contributed by atoms with Crippen molar-refractivity contribution < 1.29 is 9.47 Å². The number of anilines is 2. The summed E-state index contributed by atoms with van der Waals surface area (Å²) in [6.07, 6.45) is 0. The third kappa shape index (κ3) is 4.05. The predicted octanol–water partition coefficient (Wildman–Crippen LogP) is 3.31. The van der Waals surface area contributed by atoms with Crippen LogP contribution in [0.1, 0.15) is 12.5 Å². The van der Waals surface area contributed by atoms with Crippen molar-refractivity contribution >= 4 is 11.4 Å². The molecule has 0 spiro atoms. The maximum atomic E-state index is 5.86. The highest BCUT2D eigenvalue weighted by atomic mass is 16.5. The molecule has 4 nitrogen and oxygen atoms in total. The standard InChI is InChI=1S/C17H22N2O2/c1-4-20-17-9-8-14(18)10-13(17)12-21-16-7-5-6-15(11-16)19(2)3/h5-11H,4,12,18H2,1-3H3. The highest BCUT2D eigenvalue weighted by Crippen LogP contribution is 2.25. The van der Waals surface area contributed by atoms with E-state index in [-0.39, 0.29) is 0 Å². The Labute approximate surface area is 126 Å². The lowest BCUT2D eigenvalue weighted by molar-refractivity contribution is 0.286. The van der Waals surface area contributed by atoms with Gasteiger partial charge in [0, 0.05) is 37.1 Å². The van der Waals surface area contributed by atoms with Crippen molar-refractivity contribution in [1.82, 2.24) is 0 Å². The largest absolute Gasteiger partial charge is 0.493 e. The minimum atomic E-state index is 0.428. The molecule has 0 aliphatic carbocycles. The minimum absolute atomic E-state index is 0.428. The van der Waals surface area contributed by atoms with Crippen LogP contribution in [0.3, 0.4) is 0 Å². The smallest absolute Gasteiger partial charge is 0.126 e. The third-order valence-electron chi connectivity index (χ3n) is 3.11. The third-order valence-corrected chi connectivity index (χ3v) is 3.11. The molecule has 4 heteroatoms. The van der Waals surface area contributed by atoms with Crippen LogP contribution in [0.5, 0.6) is 11.5 Å². The van der Waals surface area contributed by atoms with Crippen LogP contribution in [0.4, 0.5) is 11.4 Å². The second-order valence-corrected chi connectivity index (χ2v) is 4.98. The Morgan fingerprint density at radius 3 is 2.57 bits per heavy atom. The topological polar surface area (TPSA) is 47.7 Å². The van der Waals surface area contributed by atoms with Gasteiger partial charge >= 0.3 is 0 Å². The molecule has 2 rings (SSSR count). The zero-order valence-electron chi connectivity index (χ0n) is 12.8. The summed E-state index contributed by atoms with van der Waals surface area (Å²) in [6, 6.07) is 13.6. The summed E-state index contributed by atoms with van der Waals surface area (Å²) in [5, 5.41) is 0. The van der Waals surface area contributed by atoms with Crippen LogP contribution in [0, 0.1) is 0 Å². The molecule has 2 aromatic rings. The number of nitrogens with zero attached hydrogens (tertiary/aromatic N) is 1. The minimum Gasteiger partial charge on any atom is -0.493 e. The van der Waals surface area contributed by atoms with Crippen molar-refractivity contribution in [1.29, 1.82) is 0 Å². The van der Waals surface area contributed by atoms with E-state index < -0.39 is 0 Å². The van der Waals surface area contributed by atoms with Gasteiger partial charge in [-0.2, -0.15) is 0 Å². The Bertz CT molecular complexity index is 597. The van der Waals surface area contributed by atoms with Gasteiger partial charge in [0.1, 0.15) is 18.1 Å². The molecule has 21 heavy (non-hydrogen) atoms. The Kier molecular flexibility index (Phi) is 4.93. The van der Waals surface area contributed by atoms with E-state index in [1.54, 1.807) is 0 Å². The first-order valence-electron chi connectivity index (χ1n) is 7.01. The summed E-state index contributed by atoms with van der Waals surface area (Å²) in [5.74, 6) is 1.64. The number of hydrogen-bond acceptors (Lipinski definition) is 4. The van der Waals surface area contributed by atoms with Gasteiger partial charge in [-0.15, -0.1) is 0 Å². The molecule has 0 saturated carbocycles. The second kappa shape index (κ2) is 6.88. The highest BCUT2D eigenvalue weighted by Gasteiger charge is 2.06. The van der Waals surface area contributed by atoms with E-state index in [2.05, 4.69) is 0 Å². The van der Waals surface area contributed by atoms with Crippen LogP contribution in [0.25, 0.3) is 0 Å². The van der Waals surface area contributed by atoms with Crippen LogP contribution in [0.2, 0.25) is 0 Å². The van der Waals surface area contributed by atoms with Crippen molar-refractivity contribution in [3.63, 3.8) is 0 Å². The molecular weight excluding hydrogens is 264 g/mol. The second-order valence-electron chi connectivity index (χ2n) is 4.98. The van der Waals surface area contributed by atoms with Gasteiger partial charge in [0.25, 0.3) is 0 Å². The van der Waals surface area contributed by atoms with E-state index in [0.29, 0.717) is 18.9 Å². The molecule has 2 aromatic carbocycles. The molecule has 0 aliphatic heterocycles. The molecule has 0 radical (unpaired) electrons. The summed E-state index contributed by atoms with van der Waals surface area (Å²) in [4.78, 5) is 2.04. The quantitative estimate of drug-likeness (QED) is 0.828. The fourth-order valence-corrected chi connectivity index (χ4v) is 2.02. The maximum Gasteiger partial charge on any atom is 0.126 e. The molecule has 0 bridgehead atoms. The lowest BCUT2D eigenvalue weighted by Gasteiger charge is -2.15. The van der Waals surface area contributed by atoms with Gasteiger partial charge in [-0.1, -0.05) is 6.07 Å². The Balaban J connectivity index is 2.12. The number of hydrogen-bond donors (Lipinski definition) is 1. The van der Waals surface area contributed by atoms with Gasteiger partial charge in [-0.3, -0.25) is 0 Å². The van der Waals surface area contributed by atoms with Gasteiger partial charge in [0.05, 0.1) is 6.61 Å². The average molecular weight is 286 g/mol. The van der Waals surface area contributed by atoms with Crippen LogP contribution >= 0.6 is 0 Å². The van der Waals surface area contributed by atoms with E-state index >= 15 is 0 Å². The molecule has 2 N–H and O–H groups in total. The first-order chi connectivity index (χ1) is 10.1. The number of benzene rings is 2. The van der Waals surface area contributed by atoms with Gasteiger partial charge in [-0.25, -0.2) is 0 Å². The SMILES string of the molecule is CCOc1ccc(N)cc1COc1cccc(N(C)C)c1. The molecule has 0 aliphatic rings. The number of ether oxygens (including phenoxy) is 2. The summed E-state index contributed by atoms with van der Waals surface area (Å²) in [5.41, 5.74) is 8.60. The van der Waals surface area contributed by atoms with E-state index in [0.717, 1.165) is 22.7 Å². The molecule has 0 heterocycles. The number of nitrogen functional groups attached to an aromatic ring is 1. The lowest BCUT2D eigenvalue weighted by Crippen LogP contribution is -2.08. The summed E-state index contributed by atoms with van der Waals surface area (Å²) in [6.45, 7) is 3.01. The van der Waals surface area contributed by atoms with E-state index in [1.165, 1.54) is 0 Å². The van der Waals surface area contributed by atoms with Crippen molar-refractivity contribution in [3.05, 3.63) is 48.0 Å². The fourth-order valence-electron chi connectivity index (χ4n) is 2.02. The van der Waals surface area contributed by atoms with Crippen LogP contribution in [-0.4, -0.2) is 20.7 Å². The van der Waals surface area contributed by atoms with Crippen molar-refractivity contribution in [2.75, 3.05) is 31.3 Å². The summed E-state index contributed by atoms with van der Waals surface area (Å²) < 4.78 is 11.5. The van der Waals surface area contributed by atoms with Crippen molar-refractivity contribution in [2.45, 2.75) is 13.5 Å². The fraction of sp³-hybridized carbons (Fsp3) is 0.294. The van der Waals surface area contributed by atoms with Gasteiger partial charge in [-0.05, 0) is 37.3 Å². The molecule has 0 amide bonds. The van der Waals surface area contributed by atoms with E-state index in [9.17, 15) is 0 Å². The molecule has 0 atom stereocenters. The monoisotopic (exact) mass is 286 g/mol. The Hall–Kier alpha value is -2.36. The Morgan fingerprint density at radius 2 is 1.86 bits per heavy atom. The van der Waals surface area contributed by atoms with Crippen LogP contribution < -0.4 is 20.1 Å². The zero-order chi connectivity index (χ0) is 15.2. The first kappa shape index (κ1) is 15.0. The normalized spacial score (nSPS) is 10.2. The molecule has 0 aromatic heterocycles. The Morgan fingerprint density at radius 1 is 1.05 bits per heavy atom. The molecule has 0 fully saturated rings. The average Bonchev–Trinajstić information content (AvgIpc) is 2.48. The molecular formula is C17H22N2O2. The molecule has 0 unspecified atom stereocenters. The highest BCUT2D eigenvalue weighted by molar-refractivity contribution is 5.50. The van der Waals surface area contributed by atoms with Gasteiger partial charge < -0.3 is 20.1 Å². The predicted molar refractivity (Wildman–Crippen MR) is 87.1 cm³/mol. The van der Waals surface area contributed by atoms with E-state index in [1.807, 2.05) is 68.4 Å². The maximum absolute atomic E-state index is 5.86. The van der Waals surface area contributed by atoms with Gasteiger partial charge in [0.2, 0.25) is 0 Å². The summed E-state index contributed by atoms with van der Waals surface area (Å²) in [7, 11) is 4.01. The summed E-state index contributed by atoms with van der Waals surface area (Å²) >= 11 is 0. The lowest BCUT2D eigenvalue weighted by atomic mass is 10.2. The van der Waals surface area contributed by atoms with Crippen LogP contribution in [-0.2, 0) is 6.61 Å². The van der Waals surface area contributed by atoms with Crippen molar-refractivity contribution in [3.8, 4) is 11.5 Å². The zero-order valence-corrected chi connectivity index (χ0v) is 12.8. The molecule has 112 valence electrons.